The van der Waals surface area contributed by atoms with Crippen LogP contribution in [0.25, 0.3) is 0 Å². The lowest BCUT2D eigenvalue weighted by Crippen LogP contribution is -2.46. The largest absolute Gasteiger partial charge is 0.339 e. The zero-order chi connectivity index (χ0) is 31.4. The first kappa shape index (κ1) is 32.8. The molecule has 1 saturated carbocycles. The average Bonchev–Trinajstić information content (AvgIpc) is 3.19. The van der Waals surface area contributed by atoms with Crippen LogP contribution >= 0.6 is 0 Å². The second-order valence-electron chi connectivity index (χ2n) is 13.3. The molecule has 11 heteroatoms. The standard InChI is InChI=1S/C33H49FN6O3S/c1-24(2)37(3)33(41)30-21-27(34)7-10-31(30)40-20-19-39(23-26-11-15-35-22-32(26)40)29-13-17-38(18-14-29)16-12-25-5-8-28(9-6-25)36-44(4,42)43/h7,10-11,15,21-22,24-25,28-29,36H,5-6,8-9,12-14,16-20,23H2,1-4H3/t25-,28-. The molecule has 1 aromatic heterocycles. The number of nitrogens with one attached hydrogen (secondary N) is 1. The zero-order valence-electron chi connectivity index (χ0n) is 26.7. The number of halogens is 1. The van der Waals surface area contributed by atoms with Crippen molar-refractivity contribution in [3.8, 4) is 0 Å². The molecule has 5 rings (SSSR count). The fourth-order valence-corrected chi connectivity index (χ4v) is 7.93. The Morgan fingerprint density at radius 2 is 1.77 bits per heavy atom. The number of hydrogen-bond acceptors (Lipinski definition) is 7. The van der Waals surface area contributed by atoms with Crippen molar-refractivity contribution >= 4 is 27.3 Å². The predicted molar refractivity (Wildman–Crippen MR) is 173 cm³/mol. The summed E-state index contributed by atoms with van der Waals surface area (Å²) in [5.41, 5.74) is 3.23. The van der Waals surface area contributed by atoms with Crippen molar-refractivity contribution in [3.63, 3.8) is 0 Å². The highest BCUT2D eigenvalue weighted by Gasteiger charge is 2.31. The summed E-state index contributed by atoms with van der Waals surface area (Å²) in [4.78, 5) is 26.9. The third-order valence-corrected chi connectivity index (χ3v) is 10.7. The molecule has 0 unspecified atom stereocenters. The van der Waals surface area contributed by atoms with Gasteiger partial charge in [0.25, 0.3) is 5.91 Å². The summed E-state index contributed by atoms with van der Waals surface area (Å²) in [5, 5.41) is 0. The fraction of sp³-hybridized carbons (Fsp3) is 0.636. The first-order chi connectivity index (χ1) is 21.0. The van der Waals surface area contributed by atoms with Crippen LogP contribution in [0.15, 0.2) is 36.7 Å². The molecule has 2 aliphatic heterocycles. The van der Waals surface area contributed by atoms with E-state index in [4.69, 9.17) is 0 Å². The molecule has 0 spiro atoms. The molecule has 1 amide bonds. The third kappa shape index (κ3) is 8.16. The van der Waals surface area contributed by atoms with E-state index in [0.29, 0.717) is 24.1 Å². The number of nitrogens with zero attached hydrogens (tertiary/aromatic N) is 5. The SMILES string of the molecule is CC(C)N(C)C(=O)c1cc(F)ccc1N1CCN(C2CCN(CC[C@H]3CC[C@H](NS(C)(=O)=O)CC3)CC2)Cc2ccncc21. The maximum absolute atomic E-state index is 14.4. The number of sulfonamides is 1. The number of hydrogen-bond donors (Lipinski definition) is 1. The van der Waals surface area contributed by atoms with E-state index >= 15 is 0 Å². The lowest BCUT2D eigenvalue weighted by Gasteiger charge is -2.39. The van der Waals surface area contributed by atoms with E-state index in [1.165, 1.54) is 30.4 Å². The van der Waals surface area contributed by atoms with Crippen LogP contribution in [0.4, 0.5) is 15.8 Å². The first-order valence-electron chi connectivity index (χ1n) is 16.2. The minimum atomic E-state index is -3.13. The van der Waals surface area contributed by atoms with Gasteiger partial charge >= 0.3 is 0 Å². The van der Waals surface area contributed by atoms with E-state index in [1.807, 2.05) is 26.2 Å². The van der Waals surface area contributed by atoms with Crippen molar-refractivity contribution in [1.29, 1.82) is 0 Å². The van der Waals surface area contributed by atoms with Gasteiger partial charge < -0.3 is 14.7 Å². The van der Waals surface area contributed by atoms with Crippen LogP contribution in [0.3, 0.4) is 0 Å². The molecule has 2 fully saturated rings. The summed E-state index contributed by atoms with van der Waals surface area (Å²) in [5.74, 6) is 0.0723. The molecule has 3 heterocycles. The van der Waals surface area contributed by atoms with Crippen LogP contribution in [0.1, 0.15) is 74.7 Å². The van der Waals surface area contributed by atoms with Gasteiger partial charge in [0, 0.05) is 51.0 Å². The Hall–Kier alpha value is -2.60. The highest BCUT2D eigenvalue weighted by Crippen LogP contribution is 2.36. The number of amides is 1. The van der Waals surface area contributed by atoms with Gasteiger partial charge in [-0.25, -0.2) is 17.5 Å². The van der Waals surface area contributed by atoms with E-state index in [9.17, 15) is 17.6 Å². The van der Waals surface area contributed by atoms with E-state index < -0.39 is 15.8 Å². The van der Waals surface area contributed by atoms with Crippen molar-refractivity contribution < 1.29 is 17.6 Å². The smallest absolute Gasteiger partial charge is 0.256 e. The third-order valence-electron chi connectivity index (χ3n) is 9.89. The van der Waals surface area contributed by atoms with Crippen molar-refractivity contribution in [2.45, 2.75) is 83.5 Å². The molecule has 1 aromatic carbocycles. The van der Waals surface area contributed by atoms with E-state index in [-0.39, 0.29) is 18.0 Å². The highest BCUT2D eigenvalue weighted by atomic mass is 32.2. The quantitative estimate of drug-likeness (QED) is 0.434. The minimum absolute atomic E-state index is 0.00248. The summed E-state index contributed by atoms with van der Waals surface area (Å²) in [6, 6.07) is 7.18. The van der Waals surface area contributed by atoms with Crippen LogP contribution in [-0.4, -0.2) is 98.2 Å². The van der Waals surface area contributed by atoms with E-state index in [2.05, 4.69) is 30.5 Å². The van der Waals surface area contributed by atoms with Crippen molar-refractivity contribution in [2.75, 3.05) is 50.9 Å². The van der Waals surface area contributed by atoms with Gasteiger partial charge in [0.05, 0.1) is 29.4 Å². The first-order valence-corrected chi connectivity index (χ1v) is 18.1. The van der Waals surface area contributed by atoms with Crippen molar-refractivity contribution in [1.82, 2.24) is 24.4 Å². The average molecular weight is 629 g/mol. The molecule has 242 valence electrons. The second kappa shape index (κ2) is 14.2. The highest BCUT2D eigenvalue weighted by molar-refractivity contribution is 7.88. The number of benzene rings is 1. The molecule has 2 aromatic rings. The molecule has 44 heavy (non-hydrogen) atoms. The molecule has 1 aliphatic carbocycles. The summed E-state index contributed by atoms with van der Waals surface area (Å²) in [7, 11) is -1.37. The van der Waals surface area contributed by atoms with Gasteiger partial charge in [-0.15, -0.1) is 0 Å². The number of anilines is 2. The van der Waals surface area contributed by atoms with Gasteiger partial charge in [-0.1, -0.05) is 0 Å². The number of aromatic nitrogens is 1. The second-order valence-corrected chi connectivity index (χ2v) is 15.0. The van der Waals surface area contributed by atoms with E-state index in [1.54, 1.807) is 18.0 Å². The Bertz CT molecular complexity index is 1390. The van der Waals surface area contributed by atoms with Crippen LogP contribution in [-0.2, 0) is 16.6 Å². The van der Waals surface area contributed by atoms with E-state index in [0.717, 1.165) is 82.6 Å². The Kier molecular flexibility index (Phi) is 10.6. The van der Waals surface area contributed by atoms with Crippen LogP contribution in [0.5, 0.6) is 0 Å². The number of rotatable bonds is 9. The monoisotopic (exact) mass is 628 g/mol. The van der Waals surface area contributed by atoms with Crippen LogP contribution < -0.4 is 9.62 Å². The molecular formula is C33H49FN6O3S. The number of carbonyl (C=O) groups is 1. The Balaban J connectivity index is 1.20. The number of fused-ring (bicyclic) bond motifs is 1. The molecule has 3 aliphatic rings. The Morgan fingerprint density at radius 3 is 2.45 bits per heavy atom. The molecular weight excluding hydrogens is 579 g/mol. The van der Waals surface area contributed by atoms with Gasteiger partial charge in [0.1, 0.15) is 5.82 Å². The molecule has 0 bridgehead atoms. The summed E-state index contributed by atoms with van der Waals surface area (Å²) < 4.78 is 40.3. The van der Waals surface area contributed by atoms with Gasteiger partial charge in [-0.2, -0.15) is 0 Å². The Labute approximate surface area is 262 Å². The lowest BCUT2D eigenvalue weighted by atomic mass is 9.84. The molecule has 1 saturated heterocycles. The topological polar surface area (TPSA) is 89.1 Å². The predicted octanol–water partition coefficient (Wildman–Crippen LogP) is 4.62. The number of piperidine rings is 1. The number of likely N-dealkylation sites (tertiary alicyclic amines) is 1. The zero-order valence-corrected chi connectivity index (χ0v) is 27.5. The molecule has 0 radical (unpaired) electrons. The van der Waals surface area contributed by atoms with Gasteiger partial charge in [0.15, 0.2) is 0 Å². The van der Waals surface area contributed by atoms with Gasteiger partial charge in [0.2, 0.25) is 10.0 Å². The number of carbonyl (C=O) groups excluding carboxylic acids is 1. The van der Waals surface area contributed by atoms with Gasteiger partial charge in [-0.05, 0) is 114 Å². The van der Waals surface area contributed by atoms with Crippen molar-refractivity contribution in [3.05, 3.63) is 53.6 Å². The summed E-state index contributed by atoms with van der Waals surface area (Å²) in [6.45, 7) is 9.53. The lowest BCUT2D eigenvalue weighted by molar-refractivity contribution is 0.0755. The van der Waals surface area contributed by atoms with Crippen LogP contribution in [0.2, 0.25) is 0 Å². The Morgan fingerprint density at radius 1 is 1.05 bits per heavy atom. The van der Waals surface area contributed by atoms with Gasteiger partial charge in [-0.3, -0.25) is 14.7 Å². The summed E-state index contributed by atoms with van der Waals surface area (Å²) in [6.07, 6.45) is 12.4. The van der Waals surface area contributed by atoms with Crippen molar-refractivity contribution in [2.24, 2.45) is 5.92 Å². The molecule has 1 N–H and O–H groups in total. The normalized spacial score (nSPS) is 22.5. The molecule has 9 nitrogen and oxygen atoms in total. The maximum atomic E-state index is 14.4. The fourth-order valence-electron chi connectivity index (χ4n) is 7.08. The summed E-state index contributed by atoms with van der Waals surface area (Å²) >= 11 is 0. The van der Waals surface area contributed by atoms with Crippen LogP contribution in [0, 0.1) is 11.7 Å². The number of pyridine rings is 1. The maximum Gasteiger partial charge on any atom is 0.256 e. The molecule has 0 atom stereocenters. The minimum Gasteiger partial charge on any atom is -0.339 e.